The van der Waals surface area contributed by atoms with Gasteiger partial charge in [0, 0.05) is 30.4 Å². The van der Waals surface area contributed by atoms with Crippen LogP contribution in [-0.2, 0) is 27.1 Å². The lowest BCUT2D eigenvalue weighted by molar-refractivity contribution is -0.103. The molecule has 1 N–H and O–H groups in total. The van der Waals surface area contributed by atoms with Crippen LogP contribution in [0.25, 0.3) is 5.70 Å². The highest BCUT2D eigenvalue weighted by Crippen LogP contribution is 2.34. The summed E-state index contributed by atoms with van der Waals surface area (Å²) in [4.78, 5) is 6.74. The minimum Gasteiger partial charge on any atom is -0.475 e. The predicted molar refractivity (Wildman–Crippen MR) is 131 cm³/mol. The third kappa shape index (κ3) is 5.29. The quantitative estimate of drug-likeness (QED) is 0.646. The van der Waals surface area contributed by atoms with Crippen molar-refractivity contribution in [2.24, 2.45) is 4.99 Å². The second-order valence-electron chi connectivity index (χ2n) is 8.56. The fourth-order valence-electron chi connectivity index (χ4n) is 4.48. The first-order chi connectivity index (χ1) is 16.3. The van der Waals surface area contributed by atoms with Crippen molar-refractivity contribution >= 4 is 17.3 Å². The van der Waals surface area contributed by atoms with E-state index in [-0.39, 0.29) is 6.10 Å². The molecule has 172 valence electrons. The molecule has 0 aromatic heterocycles. The van der Waals surface area contributed by atoms with Crippen molar-refractivity contribution in [2.45, 2.75) is 25.4 Å². The van der Waals surface area contributed by atoms with Gasteiger partial charge in [-0.05, 0) is 42.5 Å². The number of nitrogens with zero attached hydrogens (tertiary/aromatic N) is 2. The first-order valence-electron chi connectivity index (χ1n) is 11.8. The third-order valence-electron chi connectivity index (χ3n) is 6.20. The lowest BCUT2D eigenvalue weighted by Crippen LogP contribution is -2.35. The van der Waals surface area contributed by atoms with Crippen LogP contribution in [0.4, 0.5) is 5.69 Å². The van der Waals surface area contributed by atoms with Gasteiger partial charge in [-0.15, -0.1) is 0 Å². The molecule has 0 aliphatic carbocycles. The second-order valence-corrected chi connectivity index (χ2v) is 8.56. The summed E-state index contributed by atoms with van der Waals surface area (Å²) in [5.41, 5.74) is 6.29. The predicted octanol–water partition coefficient (Wildman–Crippen LogP) is 4.25. The number of hydrogen-bond donors (Lipinski definition) is 1. The summed E-state index contributed by atoms with van der Waals surface area (Å²) in [6, 6.07) is 17.2. The fraction of sp³-hybridized carbons (Fsp3) is 0.370. The van der Waals surface area contributed by atoms with Crippen molar-refractivity contribution < 1.29 is 14.2 Å². The van der Waals surface area contributed by atoms with Crippen LogP contribution in [0, 0.1) is 0 Å². The molecule has 3 aliphatic heterocycles. The first kappa shape index (κ1) is 21.7. The zero-order valence-electron chi connectivity index (χ0n) is 19.0. The summed E-state index contributed by atoms with van der Waals surface area (Å²) in [5.74, 6) is 1.31. The summed E-state index contributed by atoms with van der Waals surface area (Å²) in [6.45, 7) is 8.26. The van der Waals surface area contributed by atoms with Crippen LogP contribution in [0.3, 0.4) is 0 Å². The Morgan fingerprint density at radius 2 is 2.06 bits per heavy atom. The van der Waals surface area contributed by atoms with Crippen molar-refractivity contribution in [1.29, 1.82) is 0 Å². The van der Waals surface area contributed by atoms with Crippen LogP contribution in [0.2, 0.25) is 0 Å². The minimum absolute atomic E-state index is 0.0521. The summed E-state index contributed by atoms with van der Waals surface area (Å²) < 4.78 is 17.1. The summed E-state index contributed by atoms with van der Waals surface area (Å²) in [6.07, 6.45) is 5.11. The van der Waals surface area contributed by atoms with Crippen molar-refractivity contribution in [3.8, 4) is 0 Å². The monoisotopic (exact) mass is 445 g/mol. The molecule has 5 rings (SSSR count). The van der Waals surface area contributed by atoms with E-state index in [4.69, 9.17) is 14.2 Å². The summed E-state index contributed by atoms with van der Waals surface area (Å²) >= 11 is 0. The maximum Gasteiger partial charge on any atom is 0.217 e. The third-order valence-corrected chi connectivity index (χ3v) is 6.20. The van der Waals surface area contributed by atoms with Gasteiger partial charge >= 0.3 is 0 Å². The highest BCUT2D eigenvalue weighted by molar-refractivity contribution is 5.98. The van der Waals surface area contributed by atoms with Crippen LogP contribution in [-0.4, -0.2) is 56.4 Å². The zero-order valence-corrected chi connectivity index (χ0v) is 19.0. The Labute approximate surface area is 195 Å². The standard InChI is InChI=1S/C27H31N3O3/c1-20-29-27(33-19-24-18-31-14-15-32-24)17-26-25-10-9-21(16-22(25)11-13-30(20)26)6-5-12-28-23-7-3-2-4-8-23/h2-4,7-10,16-17,24,28H,1,5-6,11-15,18-19H2/t24-/m1/s1. The molecule has 1 saturated heterocycles. The summed E-state index contributed by atoms with van der Waals surface area (Å²) in [5, 5.41) is 3.49. The maximum atomic E-state index is 5.96. The van der Waals surface area contributed by atoms with E-state index < -0.39 is 0 Å². The van der Waals surface area contributed by atoms with E-state index in [2.05, 4.69) is 64.3 Å². The number of para-hydroxylation sites is 1. The van der Waals surface area contributed by atoms with Gasteiger partial charge in [0.1, 0.15) is 18.5 Å². The number of aliphatic imine (C=N–C) groups is 1. The van der Waals surface area contributed by atoms with Gasteiger partial charge in [-0.1, -0.05) is 43.0 Å². The van der Waals surface area contributed by atoms with Crippen LogP contribution < -0.4 is 5.32 Å². The number of anilines is 1. The largest absolute Gasteiger partial charge is 0.475 e. The van der Waals surface area contributed by atoms with Crippen LogP contribution in [0.1, 0.15) is 23.1 Å². The molecule has 2 aromatic carbocycles. The average molecular weight is 446 g/mol. The molecule has 3 heterocycles. The maximum absolute atomic E-state index is 5.96. The first-order valence-corrected chi connectivity index (χ1v) is 11.8. The van der Waals surface area contributed by atoms with Crippen molar-refractivity contribution in [3.05, 3.63) is 83.7 Å². The van der Waals surface area contributed by atoms with Gasteiger partial charge < -0.3 is 24.4 Å². The number of ether oxygens (including phenoxy) is 3. The van der Waals surface area contributed by atoms with E-state index in [0.717, 1.165) is 43.9 Å². The normalized spacial score (nSPS) is 19.8. The molecule has 6 nitrogen and oxygen atoms in total. The van der Waals surface area contributed by atoms with Crippen molar-refractivity contribution in [3.63, 3.8) is 0 Å². The molecule has 0 unspecified atom stereocenters. The smallest absolute Gasteiger partial charge is 0.217 e. The molecule has 6 heteroatoms. The number of nitrogens with one attached hydrogen (secondary N) is 1. The van der Waals surface area contributed by atoms with Gasteiger partial charge in [0.25, 0.3) is 0 Å². The average Bonchev–Trinajstić information content (AvgIpc) is 2.86. The molecule has 33 heavy (non-hydrogen) atoms. The number of hydrogen-bond acceptors (Lipinski definition) is 6. The van der Waals surface area contributed by atoms with Gasteiger partial charge in [-0.25, -0.2) is 0 Å². The molecule has 0 saturated carbocycles. The minimum atomic E-state index is -0.0521. The van der Waals surface area contributed by atoms with E-state index in [1.807, 2.05) is 12.1 Å². The molecule has 1 fully saturated rings. The van der Waals surface area contributed by atoms with Gasteiger partial charge in [0.2, 0.25) is 5.90 Å². The van der Waals surface area contributed by atoms with Crippen LogP contribution in [0.15, 0.2) is 72.0 Å². The molecule has 0 amide bonds. The van der Waals surface area contributed by atoms with Gasteiger partial charge in [-0.3, -0.25) is 0 Å². The Bertz CT molecular complexity index is 1040. The number of aryl methyl sites for hydroxylation is 1. The fourth-order valence-corrected chi connectivity index (χ4v) is 4.48. The molecular formula is C27H31N3O3. The SMILES string of the molecule is C=C1N=C(OC[C@H]2COCCO2)C=C2c3ccc(CCCNc4ccccc4)cc3CCN12. The van der Waals surface area contributed by atoms with E-state index in [1.54, 1.807) is 0 Å². The highest BCUT2D eigenvalue weighted by atomic mass is 16.6. The van der Waals surface area contributed by atoms with E-state index >= 15 is 0 Å². The van der Waals surface area contributed by atoms with E-state index in [0.29, 0.717) is 32.3 Å². The second kappa shape index (κ2) is 10.2. The number of rotatable bonds is 7. The molecule has 0 spiro atoms. The zero-order chi connectivity index (χ0) is 22.5. The lowest BCUT2D eigenvalue weighted by atomic mass is 9.92. The van der Waals surface area contributed by atoms with Gasteiger partial charge in [0.05, 0.1) is 25.5 Å². The van der Waals surface area contributed by atoms with Crippen molar-refractivity contribution in [1.82, 2.24) is 4.90 Å². The Morgan fingerprint density at radius 1 is 1.15 bits per heavy atom. The lowest BCUT2D eigenvalue weighted by Gasteiger charge is -2.35. The number of fused-ring (bicyclic) bond motifs is 3. The Morgan fingerprint density at radius 3 is 2.91 bits per heavy atom. The van der Waals surface area contributed by atoms with E-state index in [1.165, 1.54) is 22.4 Å². The molecule has 2 aromatic rings. The molecule has 0 radical (unpaired) electrons. The van der Waals surface area contributed by atoms with Gasteiger partial charge in [0.15, 0.2) is 0 Å². The van der Waals surface area contributed by atoms with Crippen LogP contribution in [0.5, 0.6) is 0 Å². The van der Waals surface area contributed by atoms with E-state index in [9.17, 15) is 0 Å². The molecule has 0 bridgehead atoms. The number of benzene rings is 2. The summed E-state index contributed by atoms with van der Waals surface area (Å²) in [7, 11) is 0. The van der Waals surface area contributed by atoms with Crippen molar-refractivity contribution in [2.75, 3.05) is 44.8 Å². The Hall–Kier alpha value is -3.09. The highest BCUT2D eigenvalue weighted by Gasteiger charge is 2.27. The Kier molecular flexibility index (Phi) is 6.74. The molecule has 1 atom stereocenters. The van der Waals surface area contributed by atoms with Crippen LogP contribution >= 0.6 is 0 Å². The molecule has 3 aliphatic rings. The molecular weight excluding hydrogens is 414 g/mol. The van der Waals surface area contributed by atoms with Gasteiger partial charge in [-0.2, -0.15) is 4.99 Å². The topological polar surface area (TPSA) is 55.3 Å². The Balaban J connectivity index is 1.22.